The average molecular weight is 386 g/mol. The van der Waals surface area contributed by atoms with Gasteiger partial charge in [0.25, 0.3) is 0 Å². The van der Waals surface area contributed by atoms with Crippen molar-refractivity contribution < 1.29 is 0 Å². The highest BCUT2D eigenvalue weighted by Crippen LogP contribution is 2.37. The highest BCUT2D eigenvalue weighted by Gasteiger charge is 2.08. The number of hydrogen-bond acceptors (Lipinski definition) is 0. The van der Waals surface area contributed by atoms with Crippen molar-refractivity contribution >= 4 is 64.2 Å². The summed E-state index contributed by atoms with van der Waals surface area (Å²) in [5.41, 5.74) is 0. The lowest BCUT2D eigenvalue weighted by Gasteiger charge is -2.10. The van der Waals surface area contributed by atoms with E-state index in [2.05, 4.69) is 92.5 Å². The van der Waals surface area contributed by atoms with Crippen molar-refractivity contribution in [1.82, 2.24) is 0 Å². The van der Waals surface area contributed by atoms with E-state index in [1.807, 2.05) is 0 Å². The van der Waals surface area contributed by atoms with Crippen LogP contribution in [0.3, 0.4) is 0 Å². The van der Waals surface area contributed by atoms with Crippen LogP contribution in [0.5, 0.6) is 0 Å². The van der Waals surface area contributed by atoms with Gasteiger partial charge in [0.15, 0.2) is 0 Å². The molecule has 0 atom stereocenters. The maximum absolute atomic E-state index is 3.77. The van der Waals surface area contributed by atoms with Crippen molar-refractivity contribution in [2.45, 2.75) is 0 Å². The summed E-state index contributed by atoms with van der Waals surface area (Å²) in [6.45, 7) is 0. The Morgan fingerprint density at radius 2 is 1.30 bits per heavy atom. The predicted octanol–water partition coefficient (Wildman–Crippen LogP) is 6.67. The maximum Gasteiger partial charge on any atom is 0.0332 e. The third-order valence-electron chi connectivity index (χ3n) is 3.78. The minimum absolute atomic E-state index is 1.14. The fourth-order valence-corrected chi connectivity index (χ4v) is 4.02. The van der Waals surface area contributed by atoms with Gasteiger partial charge in [-0.1, -0.05) is 64.5 Å². The number of benzene rings is 4. The fourth-order valence-electron chi connectivity index (χ4n) is 2.81. The minimum atomic E-state index is 1.14. The zero-order valence-electron chi connectivity index (χ0n) is 10.5. The lowest BCUT2D eigenvalue weighted by Crippen LogP contribution is -1.82. The number of fused-ring (bicyclic) bond motifs is 4. The largest absolute Gasteiger partial charge is 0.0616 e. The highest BCUT2D eigenvalue weighted by molar-refractivity contribution is 9.11. The zero-order chi connectivity index (χ0) is 13.7. The van der Waals surface area contributed by atoms with Crippen molar-refractivity contribution in [1.29, 1.82) is 0 Å². The molecule has 2 heteroatoms. The van der Waals surface area contributed by atoms with Gasteiger partial charge in [0.2, 0.25) is 0 Å². The molecule has 0 saturated carbocycles. The Kier molecular flexibility index (Phi) is 2.83. The van der Waals surface area contributed by atoms with Gasteiger partial charge in [0.1, 0.15) is 0 Å². The molecule has 0 saturated heterocycles. The minimum Gasteiger partial charge on any atom is -0.0616 e. The van der Waals surface area contributed by atoms with Gasteiger partial charge < -0.3 is 0 Å². The zero-order valence-corrected chi connectivity index (χ0v) is 13.7. The Balaban J connectivity index is 2.31. The van der Waals surface area contributed by atoms with Crippen molar-refractivity contribution in [3.8, 4) is 0 Å². The summed E-state index contributed by atoms with van der Waals surface area (Å²) in [5.74, 6) is 0. The summed E-state index contributed by atoms with van der Waals surface area (Å²) >= 11 is 7.41. The third-order valence-corrected chi connectivity index (χ3v) is 5.33. The van der Waals surface area contributed by atoms with E-state index in [4.69, 9.17) is 0 Å². The Bertz CT molecular complexity index is 971. The van der Waals surface area contributed by atoms with E-state index in [1.165, 1.54) is 36.8 Å². The molecule has 4 rings (SSSR count). The normalized spacial score (nSPS) is 11.5. The Hall–Kier alpha value is -1.38. The van der Waals surface area contributed by atoms with Gasteiger partial charge in [-0.2, -0.15) is 0 Å². The molecular formula is C18H10Br2. The molecule has 0 unspecified atom stereocenters. The number of rotatable bonds is 0. The summed E-state index contributed by atoms with van der Waals surface area (Å²) in [6, 6.07) is 21.5. The van der Waals surface area contributed by atoms with E-state index in [0.29, 0.717) is 0 Å². The molecule has 0 radical (unpaired) electrons. The van der Waals surface area contributed by atoms with E-state index < -0.39 is 0 Å². The van der Waals surface area contributed by atoms with Crippen LogP contribution in [0.1, 0.15) is 0 Å². The molecule has 96 valence electrons. The van der Waals surface area contributed by atoms with Gasteiger partial charge in [-0.05, 0) is 60.4 Å². The van der Waals surface area contributed by atoms with Crippen LogP contribution in [-0.2, 0) is 0 Å². The maximum atomic E-state index is 3.77. The summed E-state index contributed by atoms with van der Waals surface area (Å²) in [7, 11) is 0. The van der Waals surface area contributed by atoms with Crippen LogP contribution < -0.4 is 0 Å². The molecule has 0 aliphatic carbocycles. The number of halogens is 2. The van der Waals surface area contributed by atoms with E-state index >= 15 is 0 Å². The van der Waals surface area contributed by atoms with E-state index in [0.717, 1.165) is 4.47 Å². The first kappa shape index (κ1) is 12.4. The monoisotopic (exact) mass is 384 g/mol. The van der Waals surface area contributed by atoms with Crippen LogP contribution in [0.15, 0.2) is 69.6 Å². The number of hydrogen-bond donors (Lipinski definition) is 0. The average Bonchev–Trinajstić information content (AvgIpc) is 2.48. The molecule has 0 bridgehead atoms. The Morgan fingerprint density at radius 3 is 2.20 bits per heavy atom. The van der Waals surface area contributed by atoms with Crippen molar-refractivity contribution in [3.63, 3.8) is 0 Å². The molecule has 0 aliphatic rings. The molecular weight excluding hydrogens is 376 g/mol. The third kappa shape index (κ3) is 1.72. The smallest absolute Gasteiger partial charge is 0.0332 e. The molecule has 0 fully saturated rings. The summed E-state index contributed by atoms with van der Waals surface area (Å²) in [4.78, 5) is 0. The van der Waals surface area contributed by atoms with Crippen molar-refractivity contribution in [3.05, 3.63) is 69.6 Å². The second-order valence-electron chi connectivity index (χ2n) is 4.91. The molecule has 0 heterocycles. The first-order valence-corrected chi connectivity index (χ1v) is 8.02. The molecule has 0 amide bonds. The molecule has 0 spiro atoms. The second-order valence-corrected chi connectivity index (χ2v) is 6.55. The van der Waals surface area contributed by atoms with Gasteiger partial charge in [-0.3, -0.25) is 0 Å². The van der Waals surface area contributed by atoms with Crippen LogP contribution in [0.25, 0.3) is 32.3 Å². The van der Waals surface area contributed by atoms with Crippen molar-refractivity contribution in [2.24, 2.45) is 0 Å². The van der Waals surface area contributed by atoms with Gasteiger partial charge in [0.05, 0.1) is 0 Å². The van der Waals surface area contributed by atoms with Crippen LogP contribution >= 0.6 is 31.9 Å². The SMILES string of the molecule is Brc1cccc2c1ccc1c(Br)c3ccccc3cc12. The van der Waals surface area contributed by atoms with Crippen LogP contribution in [-0.4, -0.2) is 0 Å². The first-order chi connectivity index (χ1) is 9.75. The van der Waals surface area contributed by atoms with Gasteiger partial charge in [0, 0.05) is 8.95 Å². The van der Waals surface area contributed by atoms with Crippen molar-refractivity contribution in [2.75, 3.05) is 0 Å². The standard InChI is InChI=1S/C18H10Br2/c19-17-7-3-6-13-14(17)8-9-15-16(13)10-11-4-1-2-5-12(11)18(15)20/h1-10H. The van der Waals surface area contributed by atoms with Crippen LogP contribution in [0.4, 0.5) is 0 Å². The summed E-state index contributed by atoms with van der Waals surface area (Å²) in [6.07, 6.45) is 0. The Morgan fingerprint density at radius 1 is 0.550 bits per heavy atom. The van der Waals surface area contributed by atoms with Crippen LogP contribution in [0, 0.1) is 0 Å². The van der Waals surface area contributed by atoms with E-state index in [1.54, 1.807) is 0 Å². The predicted molar refractivity (Wildman–Crippen MR) is 94.4 cm³/mol. The summed E-state index contributed by atoms with van der Waals surface area (Å²) in [5, 5.41) is 7.60. The van der Waals surface area contributed by atoms with E-state index in [9.17, 15) is 0 Å². The van der Waals surface area contributed by atoms with E-state index in [-0.39, 0.29) is 0 Å². The lowest BCUT2D eigenvalue weighted by molar-refractivity contribution is 1.73. The fraction of sp³-hybridized carbons (Fsp3) is 0. The van der Waals surface area contributed by atoms with Gasteiger partial charge in [-0.25, -0.2) is 0 Å². The molecule has 4 aromatic carbocycles. The summed E-state index contributed by atoms with van der Waals surface area (Å²) < 4.78 is 2.31. The second kappa shape index (κ2) is 4.57. The lowest BCUT2D eigenvalue weighted by atomic mass is 9.98. The quantitative estimate of drug-likeness (QED) is 0.234. The molecule has 4 aromatic rings. The van der Waals surface area contributed by atoms with Gasteiger partial charge in [-0.15, -0.1) is 0 Å². The topological polar surface area (TPSA) is 0 Å². The molecule has 0 N–H and O–H groups in total. The molecule has 20 heavy (non-hydrogen) atoms. The van der Waals surface area contributed by atoms with Gasteiger partial charge >= 0.3 is 0 Å². The molecule has 0 aromatic heterocycles. The Labute approximate surface area is 133 Å². The van der Waals surface area contributed by atoms with Crippen LogP contribution in [0.2, 0.25) is 0 Å². The highest BCUT2D eigenvalue weighted by atomic mass is 79.9. The molecule has 0 nitrogen and oxygen atoms in total. The first-order valence-electron chi connectivity index (χ1n) is 6.44. The molecule has 0 aliphatic heterocycles.